The number of amides is 2. The first-order chi connectivity index (χ1) is 7.65. The average Bonchev–Trinajstić information content (AvgIpc) is 2.64. The summed E-state index contributed by atoms with van der Waals surface area (Å²) in [4.78, 5) is 18.0. The van der Waals surface area contributed by atoms with Gasteiger partial charge in [0.1, 0.15) is 0 Å². The molecular formula is C11H17N3OS. The zero-order valence-electron chi connectivity index (χ0n) is 9.69. The molecule has 1 aliphatic heterocycles. The lowest BCUT2D eigenvalue weighted by molar-refractivity contribution is 0.182. The van der Waals surface area contributed by atoms with Crippen LogP contribution in [0.4, 0.5) is 9.93 Å². The van der Waals surface area contributed by atoms with Crippen LogP contribution in [0.2, 0.25) is 0 Å². The number of aromatic nitrogens is 1. The molecule has 1 atom stereocenters. The molecular weight excluding hydrogens is 222 g/mol. The second-order valence-electron chi connectivity index (χ2n) is 4.42. The smallest absolute Gasteiger partial charge is 0.323 e. The van der Waals surface area contributed by atoms with Gasteiger partial charge in [0.15, 0.2) is 5.13 Å². The summed E-state index contributed by atoms with van der Waals surface area (Å²) in [7, 11) is 0. The molecule has 1 N–H and O–H groups in total. The predicted molar refractivity (Wildman–Crippen MR) is 65.8 cm³/mol. The van der Waals surface area contributed by atoms with E-state index in [0.29, 0.717) is 11.0 Å². The van der Waals surface area contributed by atoms with E-state index >= 15 is 0 Å². The van der Waals surface area contributed by atoms with Gasteiger partial charge in [0.05, 0.1) is 5.69 Å². The monoisotopic (exact) mass is 239 g/mol. The molecule has 0 aromatic carbocycles. The second-order valence-corrected chi connectivity index (χ2v) is 5.28. The maximum atomic E-state index is 11.9. The summed E-state index contributed by atoms with van der Waals surface area (Å²) in [5.41, 5.74) is 0.951. The van der Waals surface area contributed by atoms with Crippen molar-refractivity contribution in [3.05, 3.63) is 11.1 Å². The largest absolute Gasteiger partial charge is 0.324 e. The number of piperidine rings is 1. The van der Waals surface area contributed by atoms with Crippen LogP contribution in [0.5, 0.6) is 0 Å². The van der Waals surface area contributed by atoms with E-state index in [1.165, 1.54) is 17.8 Å². The minimum Gasteiger partial charge on any atom is -0.324 e. The van der Waals surface area contributed by atoms with E-state index in [-0.39, 0.29) is 6.03 Å². The van der Waals surface area contributed by atoms with Crippen molar-refractivity contribution in [1.29, 1.82) is 0 Å². The van der Waals surface area contributed by atoms with Gasteiger partial charge in [-0.25, -0.2) is 9.78 Å². The van der Waals surface area contributed by atoms with Gasteiger partial charge in [0, 0.05) is 18.5 Å². The van der Waals surface area contributed by atoms with Crippen LogP contribution in [-0.2, 0) is 0 Å². The van der Waals surface area contributed by atoms with Gasteiger partial charge in [-0.2, -0.15) is 0 Å². The number of nitrogens with zero attached hydrogens (tertiary/aromatic N) is 2. The molecule has 1 unspecified atom stereocenters. The van der Waals surface area contributed by atoms with Gasteiger partial charge in [0.2, 0.25) is 0 Å². The zero-order chi connectivity index (χ0) is 11.5. The lowest BCUT2D eigenvalue weighted by Crippen LogP contribution is -2.41. The summed E-state index contributed by atoms with van der Waals surface area (Å²) in [6, 6.07) is -0.0131. The number of urea groups is 1. The van der Waals surface area contributed by atoms with Gasteiger partial charge < -0.3 is 4.90 Å². The highest BCUT2D eigenvalue weighted by Crippen LogP contribution is 2.18. The predicted octanol–water partition coefficient (Wildman–Crippen LogP) is 2.72. The third kappa shape index (κ3) is 2.72. The van der Waals surface area contributed by atoms with Crippen LogP contribution in [0, 0.1) is 12.8 Å². The van der Waals surface area contributed by atoms with Crippen LogP contribution < -0.4 is 5.32 Å². The third-order valence-electron chi connectivity index (χ3n) is 2.78. The van der Waals surface area contributed by atoms with E-state index in [4.69, 9.17) is 0 Å². The summed E-state index contributed by atoms with van der Waals surface area (Å²) in [6.07, 6.45) is 2.33. The first-order valence-corrected chi connectivity index (χ1v) is 6.51. The van der Waals surface area contributed by atoms with Crippen LogP contribution in [0.1, 0.15) is 25.5 Å². The van der Waals surface area contributed by atoms with Crippen molar-refractivity contribution in [3.63, 3.8) is 0 Å². The number of anilines is 1. The Balaban J connectivity index is 1.92. The highest BCUT2D eigenvalue weighted by molar-refractivity contribution is 7.13. The molecule has 1 fully saturated rings. The average molecular weight is 239 g/mol. The van der Waals surface area contributed by atoms with Crippen molar-refractivity contribution < 1.29 is 4.79 Å². The fourth-order valence-electron chi connectivity index (χ4n) is 1.96. The molecule has 88 valence electrons. The Bertz CT molecular complexity index is 377. The van der Waals surface area contributed by atoms with Crippen molar-refractivity contribution >= 4 is 22.5 Å². The fraction of sp³-hybridized carbons (Fsp3) is 0.636. The molecule has 2 amide bonds. The van der Waals surface area contributed by atoms with E-state index in [0.717, 1.165) is 25.2 Å². The summed E-state index contributed by atoms with van der Waals surface area (Å²) in [5.74, 6) is 0.609. The Kier molecular flexibility index (Phi) is 3.43. The van der Waals surface area contributed by atoms with Crippen molar-refractivity contribution in [2.24, 2.45) is 5.92 Å². The maximum Gasteiger partial charge on any atom is 0.323 e. The molecule has 2 rings (SSSR count). The van der Waals surface area contributed by atoms with E-state index in [1.807, 2.05) is 17.2 Å². The molecule has 1 aromatic heterocycles. The molecule has 0 spiro atoms. The number of aryl methyl sites for hydroxylation is 1. The fourth-order valence-corrected chi connectivity index (χ4v) is 2.63. The number of hydrogen-bond acceptors (Lipinski definition) is 3. The van der Waals surface area contributed by atoms with Crippen LogP contribution in [-0.4, -0.2) is 29.0 Å². The van der Waals surface area contributed by atoms with Crippen LogP contribution >= 0.6 is 11.3 Å². The van der Waals surface area contributed by atoms with E-state index in [2.05, 4.69) is 17.2 Å². The molecule has 0 radical (unpaired) electrons. The van der Waals surface area contributed by atoms with Crippen LogP contribution in [0.3, 0.4) is 0 Å². The van der Waals surface area contributed by atoms with Crippen molar-refractivity contribution in [2.75, 3.05) is 18.4 Å². The molecule has 5 heteroatoms. The Hall–Kier alpha value is -1.10. The summed E-state index contributed by atoms with van der Waals surface area (Å²) < 4.78 is 0. The standard InChI is InChI=1S/C11H17N3OS/c1-8-4-3-5-14(6-8)11(15)13-10-12-9(2)7-16-10/h7-8H,3-6H2,1-2H3,(H,12,13,15). The lowest BCUT2D eigenvalue weighted by atomic mass is 10.0. The highest BCUT2D eigenvalue weighted by atomic mass is 32.1. The van der Waals surface area contributed by atoms with Gasteiger partial charge in [-0.15, -0.1) is 11.3 Å². The summed E-state index contributed by atoms with van der Waals surface area (Å²) in [5, 5.41) is 5.48. The number of carbonyl (C=O) groups excluding carboxylic acids is 1. The van der Waals surface area contributed by atoms with E-state index in [1.54, 1.807) is 0 Å². The quantitative estimate of drug-likeness (QED) is 0.819. The molecule has 0 saturated carbocycles. The Morgan fingerprint density at radius 3 is 3.12 bits per heavy atom. The normalized spacial score (nSPS) is 20.9. The van der Waals surface area contributed by atoms with Crippen LogP contribution in [0.25, 0.3) is 0 Å². The number of likely N-dealkylation sites (tertiary alicyclic amines) is 1. The van der Waals surface area contributed by atoms with E-state index < -0.39 is 0 Å². The molecule has 1 saturated heterocycles. The van der Waals surface area contributed by atoms with E-state index in [9.17, 15) is 4.79 Å². The summed E-state index contributed by atoms with van der Waals surface area (Å²) in [6.45, 7) is 5.83. The zero-order valence-corrected chi connectivity index (χ0v) is 10.5. The van der Waals surface area contributed by atoms with Gasteiger partial charge in [0.25, 0.3) is 0 Å². The first-order valence-electron chi connectivity index (χ1n) is 5.63. The minimum absolute atomic E-state index is 0.0131. The Morgan fingerprint density at radius 1 is 1.69 bits per heavy atom. The maximum absolute atomic E-state index is 11.9. The van der Waals surface area contributed by atoms with Gasteiger partial charge in [-0.3, -0.25) is 5.32 Å². The SMILES string of the molecule is Cc1csc(NC(=O)N2CCCC(C)C2)n1. The second kappa shape index (κ2) is 4.82. The number of hydrogen-bond donors (Lipinski definition) is 1. The molecule has 1 aromatic rings. The number of thiazole rings is 1. The number of rotatable bonds is 1. The highest BCUT2D eigenvalue weighted by Gasteiger charge is 2.21. The molecule has 2 heterocycles. The van der Waals surface area contributed by atoms with Gasteiger partial charge in [-0.1, -0.05) is 6.92 Å². The Labute approximate surface area is 99.7 Å². The molecule has 4 nitrogen and oxygen atoms in total. The number of carbonyl (C=O) groups is 1. The molecule has 1 aliphatic rings. The van der Waals surface area contributed by atoms with Crippen molar-refractivity contribution in [2.45, 2.75) is 26.7 Å². The lowest BCUT2D eigenvalue weighted by Gasteiger charge is -2.30. The third-order valence-corrected chi connectivity index (χ3v) is 3.65. The summed E-state index contributed by atoms with van der Waals surface area (Å²) >= 11 is 1.47. The van der Waals surface area contributed by atoms with Crippen molar-refractivity contribution in [3.8, 4) is 0 Å². The van der Waals surface area contributed by atoms with Gasteiger partial charge in [-0.05, 0) is 25.7 Å². The Morgan fingerprint density at radius 2 is 2.50 bits per heavy atom. The topological polar surface area (TPSA) is 45.2 Å². The van der Waals surface area contributed by atoms with Crippen molar-refractivity contribution in [1.82, 2.24) is 9.88 Å². The molecule has 16 heavy (non-hydrogen) atoms. The molecule has 0 aliphatic carbocycles. The minimum atomic E-state index is -0.0131. The molecule has 0 bridgehead atoms. The number of nitrogens with one attached hydrogen (secondary N) is 1. The van der Waals surface area contributed by atoms with Gasteiger partial charge >= 0.3 is 6.03 Å². The van der Waals surface area contributed by atoms with Crippen LogP contribution in [0.15, 0.2) is 5.38 Å². The first kappa shape index (κ1) is 11.4.